The van der Waals surface area contributed by atoms with E-state index >= 15 is 0 Å². The fraction of sp³-hybridized carbons (Fsp3) is 0.167. The smallest absolute Gasteiger partial charge is 0.324 e. The van der Waals surface area contributed by atoms with Gasteiger partial charge in [-0.25, -0.2) is 4.79 Å². The van der Waals surface area contributed by atoms with Gasteiger partial charge < -0.3 is 10.2 Å². The second-order valence-corrected chi connectivity index (χ2v) is 6.83. The highest BCUT2D eigenvalue weighted by molar-refractivity contribution is 7.18. The summed E-state index contributed by atoms with van der Waals surface area (Å²) in [6.07, 6.45) is 1.67. The molecule has 3 heterocycles. The number of benzene rings is 1. The van der Waals surface area contributed by atoms with Crippen molar-refractivity contribution in [2.45, 2.75) is 6.04 Å². The van der Waals surface area contributed by atoms with E-state index in [-0.39, 0.29) is 11.9 Å². The maximum Gasteiger partial charge on any atom is 0.324 e. The van der Waals surface area contributed by atoms with Crippen LogP contribution in [0.2, 0.25) is 0 Å². The Kier molecular flexibility index (Phi) is 4.75. The monoisotopic (exact) mass is 380 g/mol. The first-order valence-electron chi connectivity index (χ1n) is 8.37. The van der Waals surface area contributed by atoms with Gasteiger partial charge in [-0.3, -0.25) is 15.1 Å². The molecule has 9 heteroatoms. The summed E-state index contributed by atoms with van der Waals surface area (Å²) < 4.78 is 0. The summed E-state index contributed by atoms with van der Waals surface area (Å²) >= 11 is 1.23. The minimum atomic E-state index is -0.678. The molecule has 3 aromatic rings. The van der Waals surface area contributed by atoms with E-state index in [0.29, 0.717) is 28.9 Å². The van der Waals surface area contributed by atoms with Crippen molar-refractivity contribution in [2.24, 2.45) is 0 Å². The maximum absolute atomic E-state index is 12.8. The summed E-state index contributed by atoms with van der Waals surface area (Å²) in [5.74, 6) is -0.200. The van der Waals surface area contributed by atoms with Gasteiger partial charge in [0.15, 0.2) is 5.01 Å². The van der Waals surface area contributed by atoms with Crippen LogP contribution in [0.4, 0.5) is 9.93 Å². The second kappa shape index (κ2) is 7.50. The third kappa shape index (κ3) is 3.63. The Morgan fingerprint density at radius 3 is 2.74 bits per heavy atom. The zero-order valence-corrected chi connectivity index (χ0v) is 15.0. The summed E-state index contributed by atoms with van der Waals surface area (Å²) in [6, 6.07) is 13.7. The van der Waals surface area contributed by atoms with E-state index in [1.807, 2.05) is 48.5 Å². The fourth-order valence-corrected chi connectivity index (χ4v) is 3.59. The fourth-order valence-electron chi connectivity index (χ4n) is 2.88. The second-order valence-electron chi connectivity index (χ2n) is 5.86. The SMILES string of the molecule is O=C1NCCN(C(=O)Nc2nnc(-c3ccccn3)s2)[C@H]1c1ccccc1. The zero-order chi connectivity index (χ0) is 18.6. The molecule has 1 aliphatic heterocycles. The van der Waals surface area contributed by atoms with Crippen LogP contribution in [0, 0.1) is 0 Å². The van der Waals surface area contributed by atoms with Crippen LogP contribution in [0.5, 0.6) is 0 Å². The predicted molar refractivity (Wildman–Crippen MR) is 101 cm³/mol. The molecule has 0 bridgehead atoms. The number of carbonyl (C=O) groups is 2. The topological polar surface area (TPSA) is 100 Å². The van der Waals surface area contributed by atoms with Gasteiger partial charge in [0.05, 0.1) is 0 Å². The largest absolute Gasteiger partial charge is 0.352 e. The van der Waals surface area contributed by atoms with Crippen LogP contribution in [-0.2, 0) is 4.79 Å². The molecule has 4 rings (SSSR count). The first-order valence-corrected chi connectivity index (χ1v) is 9.19. The number of hydrogen-bond donors (Lipinski definition) is 2. The molecule has 1 aliphatic rings. The number of urea groups is 1. The first kappa shape index (κ1) is 17.1. The number of amides is 3. The van der Waals surface area contributed by atoms with Gasteiger partial charge in [0, 0.05) is 19.3 Å². The van der Waals surface area contributed by atoms with Crippen molar-refractivity contribution in [1.29, 1.82) is 0 Å². The quantitative estimate of drug-likeness (QED) is 0.726. The van der Waals surface area contributed by atoms with Gasteiger partial charge >= 0.3 is 6.03 Å². The molecule has 1 fully saturated rings. The summed E-state index contributed by atoms with van der Waals surface area (Å²) in [4.78, 5) is 30.9. The molecule has 0 saturated carbocycles. The Balaban J connectivity index is 1.53. The lowest BCUT2D eigenvalue weighted by molar-refractivity contribution is -0.127. The van der Waals surface area contributed by atoms with Crippen molar-refractivity contribution in [1.82, 2.24) is 25.4 Å². The van der Waals surface area contributed by atoms with Gasteiger partial charge in [0.2, 0.25) is 11.0 Å². The molecule has 8 nitrogen and oxygen atoms in total. The molecule has 136 valence electrons. The number of anilines is 1. The number of nitrogens with zero attached hydrogens (tertiary/aromatic N) is 4. The Hall–Kier alpha value is -3.33. The van der Waals surface area contributed by atoms with E-state index < -0.39 is 6.04 Å². The third-order valence-electron chi connectivity index (χ3n) is 4.11. The molecule has 0 aliphatic carbocycles. The number of carbonyl (C=O) groups excluding carboxylic acids is 2. The number of hydrogen-bond acceptors (Lipinski definition) is 6. The summed E-state index contributed by atoms with van der Waals surface area (Å²) in [5.41, 5.74) is 1.45. The Morgan fingerprint density at radius 1 is 1.15 bits per heavy atom. The molecule has 0 radical (unpaired) electrons. The van der Waals surface area contributed by atoms with Crippen molar-refractivity contribution < 1.29 is 9.59 Å². The summed E-state index contributed by atoms with van der Waals surface area (Å²) in [5, 5.41) is 14.6. The van der Waals surface area contributed by atoms with Gasteiger partial charge in [-0.05, 0) is 17.7 Å². The van der Waals surface area contributed by atoms with Gasteiger partial charge in [-0.15, -0.1) is 10.2 Å². The molecule has 1 atom stereocenters. The Labute approximate surface area is 159 Å². The molecule has 2 N–H and O–H groups in total. The summed E-state index contributed by atoms with van der Waals surface area (Å²) in [7, 11) is 0. The Morgan fingerprint density at radius 2 is 1.96 bits per heavy atom. The van der Waals surface area contributed by atoms with Crippen LogP contribution in [0.25, 0.3) is 10.7 Å². The van der Waals surface area contributed by atoms with Crippen LogP contribution in [0.15, 0.2) is 54.7 Å². The van der Waals surface area contributed by atoms with Crippen molar-refractivity contribution in [3.63, 3.8) is 0 Å². The van der Waals surface area contributed by atoms with Crippen molar-refractivity contribution in [3.8, 4) is 10.7 Å². The summed E-state index contributed by atoms with van der Waals surface area (Å²) in [6.45, 7) is 0.813. The Bertz CT molecular complexity index is 947. The number of rotatable bonds is 3. The molecule has 1 aromatic carbocycles. The van der Waals surface area contributed by atoms with Crippen LogP contribution >= 0.6 is 11.3 Å². The number of aromatic nitrogens is 3. The standard InChI is InChI=1S/C18H16N6O2S/c25-15-14(12-6-2-1-3-7-12)24(11-10-20-15)18(26)21-17-23-22-16(27-17)13-8-4-5-9-19-13/h1-9,14H,10-11H2,(H,20,25)(H,21,23,26)/t14-/m0/s1. The molecular formula is C18H16N6O2S. The molecular weight excluding hydrogens is 364 g/mol. The molecule has 27 heavy (non-hydrogen) atoms. The third-order valence-corrected chi connectivity index (χ3v) is 4.97. The first-order chi connectivity index (χ1) is 13.2. The van der Waals surface area contributed by atoms with E-state index in [1.165, 1.54) is 16.2 Å². The van der Waals surface area contributed by atoms with Crippen LogP contribution in [0.1, 0.15) is 11.6 Å². The van der Waals surface area contributed by atoms with Gasteiger partial charge in [-0.1, -0.05) is 47.7 Å². The van der Waals surface area contributed by atoms with Crippen molar-refractivity contribution in [2.75, 3.05) is 18.4 Å². The maximum atomic E-state index is 12.8. The van der Waals surface area contributed by atoms with E-state index in [4.69, 9.17) is 0 Å². The lowest BCUT2D eigenvalue weighted by Gasteiger charge is -2.34. The van der Waals surface area contributed by atoms with E-state index in [9.17, 15) is 9.59 Å². The van der Waals surface area contributed by atoms with E-state index in [1.54, 1.807) is 6.20 Å². The molecule has 0 unspecified atom stereocenters. The molecule has 3 amide bonds. The lowest BCUT2D eigenvalue weighted by Crippen LogP contribution is -2.53. The van der Waals surface area contributed by atoms with Crippen LogP contribution in [0.3, 0.4) is 0 Å². The van der Waals surface area contributed by atoms with Crippen molar-refractivity contribution in [3.05, 3.63) is 60.3 Å². The average Bonchev–Trinajstić information content (AvgIpc) is 3.17. The van der Waals surface area contributed by atoms with E-state index in [2.05, 4.69) is 25.8 Å². The number of nitrogens with one attached hydrogen (secondary N) is 2. The molecule has 0 spiro atoms. The minimum Gasteiger partial charge on any atom is -0.352 e. The molecule has 1 saturated heterocycles. The zero-order valence-electron chi connectivity index (χ0n) is 14.2. The van der Waals surface area contributed by atoms with E-state index in [0.717, 1.165) is 5.56 Å². The highest BCUT2D eigenvalue weighted by Gasteiger charge is 2.34. The highest BCUT2D eigenvalue weighted by Crippen LogP contribution is 2.27. The highest BCUT2D eigenvalue weighted by atomic mass is 32.1. The molecule has 2 aromatic heterocycles. The van der Waals surface area contributed by atoms with Crippen LogP contribution < -0.4 is 10.6 Å². The average molecular weight is 380 g/mol. The lowest BCUT2D eigenvalue weighted by atomic mass is 10.0. The van der Waals surface area contributed by atoms with Crippen molar-refractivity contribution >= 4 is 28.4 Å². The van der Waals surface area contributed by atoms with Crippen LogP contribution in [-0.4, -0.2) is 45.1 Å². The van der Waals surface area contributed by atoms with Gasteiger partial charge in [-0.2, -0.15) is 0 Å². The predicted octanol–water partition coefficient (Wildman–Crippen LogP) is 2.31. The van der Waals surface area contributed by atoms with Gasteiger partial charge in [0.1, 0.15) is 11.7 Å². The number of pyridine rings is 1. The number of piperazine rings is 1. The van der Waals surface area contributed by atoms with Gasteiger partial charge in [0.25, 0.3) is 0 Å². The normalized spacial score (nSPS) is 16.7. The minimum absolute atomic E-state index is 0.200.